The third-order valence-electron chi connectivity index (χ3n) is 6.57. The summed E-state index contributed by atoms with van der Waals surface area (Å²) >= 11 is 6.21. The number of benzene rings is 1. The highest BCUT2D eigenvalue weighted by Gasteiger charge is 2.30. The first-order valence-electron chi connectivity index (χ1n) is 12.3. The number of hydrogen-bond acceptors (Lipinski definition) is 8. The Morgan fingerprint density at radius 1 is 1.11 bits per heavy atom. The predicted octanol–water partition coefficient (Wildman–Crippen LogP) is 2.76. The molecule has 1 aliphatic heterocycles. The number of likely N-dealkylation sites (N-methyl/N-ethyl adjacent to an activating group) is 1. The van der Waals surface area contributed by atoms with Crippen molar-refractivity contribution < 1.29 is 13.2 Å². The van der Waals surface area contributed by atoms with Gasteiger partial charge in [0.1, 0.15) is 16.2 Å². The van der Waals surface area contributed by atoms with Crippen molar-refractivity contribution in [2.24, 2.45) is 7.05 Å². The fourth-order valence-corrected chi connectivity index (χ4v) is 6.18. The number of fused-ring (bicyclic) bond motifs is 1. The molecule has 1 saturated heterocycles. The van der Waals surface area contributed by atoms with Gasteiger partial charge < -0.3 is 14.6 Å². The minimum absolute atomic E-state index is 0.00454. The zero-order valence-corrected chi connectivity index (χ0v) is 22.9. The van der Waals surface area contributed by atoms with Gasteiger partial charge in [0.25, 0.3) is 5.56 Å². The van der Waals surface area contributed by atoms with Crippen LogP contribution >= 0.6 is 11.6 Å². The Balaban J connectivity index is 1.64. The average Bonchev–Trinajstić information content (AvgIpc) is 3.25. The zero-order chi connectivity index (χ0) is 27.0. The van der Waals surface area contributed by atoms with E-state index < -0.39 is 15.6 Å². The van der Waals surface area contributed by atoms with Gasteiger partial charge in [0.05, 0.1) is 24.1 Å². The molecular weight excluding hydrogens is 530 g/mol. The maximum Gasteiger partial charge on any atom is 0.279 e. The third kappa shape index (κ3) is 4.80. The second-order valence-corrected chi connectivity index (χ2v) is 11.3. The molecule has 4 heterocycles. The van der Waals surface area contributed by atoms with Crippen LogP contribution in [0.1, 0.15) is 13.8 Å². The first-order chi connectivity index (χ1) is 18.2. The van der Waals surface area contributed by atoms with Crippen molar-refractivity contribution in [3.8, 4) is 28.5 Å². The Morgan fingerprint density at radius 3 is 2.55 bits per heavy atom. The van der Waals surface area contributed by atoms with E-state index in [0.29, 0.717) is 42.4 Å². The molecule has 0 amide bonds. The summed E-state index contributed by atoms with van der Waals surface area (Å²) in [7, 11) is -2.10. The Hall–Kier alpha value is -3.32. The summed E-state index contributed by atoms with van der Waals surface area (Å²) in [6, 6.07) is 8.63. The van der Waals surface area contributed by atoms with E-state index in [1.54, 1.807) is 36.9 Å². The quantitative estimate of drug-likeness (QED) is 0.367. The number of aromatic amines is 1. The van der Waals surface area contributed by atoms with Crippen molar-refractivity contribution in [3.63, 3.8) is 0 Å². The average molecular weight is 558 g/mol. The predicted molar refractivity (Wildman–Crippen MR) is 145 cm³/mol. The lowest BCUT2D eigenvalue weighted by molar-refractivity contribution is 0.196. The molecule has 0 atom stereocenters. The van der Waals surface area contributed by atoms with E-state index in [-0.39, 0.29) is 34.3 Å². The fourth-order valence-electron chi connectivity index (χ4n) is 4.60. The lowest BCUT2D eigenvalue weighted by atomic mass is 10.1. The highest BCUT2D eigenvalue weighted by atomic mass is 35.5. The van der Waals surface area contributed by atoms with Crippen LogP contribution < -0.4 is 10.3 Å². The van der Waals surface area contributed by atoms with E-state index in [0.717, 1.165) is 12.1 Å². The maximum atomic E-state index is 13.5. The molecular formula is C25H28ClN7O4S. The molecule has 0 spiro atoms. The smallest absolute Gasteiger partial charge is 0.279 e. The van der Waals surface area contributed by atoms with Crippen LogP contribution in [0.4, 0.5) is 0 Å². The molecule has 1 N–H and O–H groups in total. The molecule has 13 heteroatoms. The molecule has 5 rings (SSSR count). The zero-order valence-electron chi connectivity index (χ0n) is 21.3. The third-order valence-corrected chi connectivity index (χ3v) is 8.67. The minimum atomic E-state index is -3.82. The summed E-state index contributed by atoms with van der Waals surface area (Å²) in [5, 5.41) is 4.89. The Morgan fingerprint density at radius 2 is 1.87 bits per heavy atom. The van der Waals surface area contributed by atoms with Crippen molar-refractivity contribution >= 4 is 32.7 Å². The van der Waals surface area contributed by atoms with Crippen molar-refractivity contribution in [1.82, 2.24) is 33.9 Å². The van der Waals surface area contributed by atoms with Crippen LogP contribution in [0.15, 0.2) is 46.2 Å². The number of aryl methyl sites for hydroxylation is 1. The molecule has 11 nitrogen and oxygen atoms in total. The molecule has 0 aliphatic carbocycles. The van der Waals surface area contributed by atoms with Gasteiger partial charge >= 0.3 is 0 Å². The number of rotatable bonds is 7. The van der Waals surface area contributed by atoms with E-state index in [9.17, 15) is 13.2 Å². The first-order valence-corrected chi connectivity index (χ1v) is 14.1. The molecule has 4 aromatic rings. The molecule has 0 saturated carbocycles. The largest absolute Gasteiger partial charge is 0.477 e. The van der Waals surface area contributed by atoms with E-state index in [1.807, 2.05) is 6.07 Å². The standard InChI is InChI=1S/C25H28ClN7O4S/c1-4-32-9-11-33(12-10-32)38(35,36)18-14-19(25(27-15-18)37-5-2)23-28-20-21(24(34)29-23)30-31(3)22(20)16-7-6-8-17(26)13-16/h6-8,13-15H,4-5,9-12H2,1-3H3,(H,28,29,34). The second kappa shape index (κ2) is 10.4. The van der Waals surface area contributed by atoms with Crippen molar-refractivity contribution in [1.29, 1.82) is 0 Å². The fraction of sp³-hybridized carbons (Fsp3) is 0.360. The number of nitrogens with one attached hydrogen (secondary N) is 1. The number of H-pyrrole nitrogens is 1. The van der Waals surface area contributed by atoms with E-state index >= 15 is 0 Å². The van der Waals surface area contributed by atoms with E-state index in [4.69, 9.17) is 21.3 Å². The molecule has 1 fully saturated rings. The van der Waals surface area contributed by atoms with Crippen molar-refractivity contribution in [2.45, 2.75) is 18.7 Å². The Bertz CT molecular complexity index is 1660. The van der Waals surface area contributed by atoms with Crippen LogP contribution in [0.2, 0.25) is 5.02 Å². The number of piperazine rings is 1. The summed E-state index contributed by atoms with van der Waals surface area (Å²) in [6.45, 7) is 7.10. The molecule has 200 valence electrons. The summed E-state index contributed by atoms with van der Waals surface area (Å²) in [6.07, 6.45) is 1.29. The Labute approximate surface area is 225 Å². The SMILES string of the molecule is CCOc1ncc(S(=O)(=O)N2CCN(CC)CC2)cc1-c1nc2c(-c3cccc(Cl)c3)n(C)nc2c(=O)[nH]1. The second-order valence-electron chi connectivity index (χ2n) is 8.89. The van der Waals surface area contributed by atoms with Crippen LogP contribution in [-0.2, 0) is 17.1 Å². The van der Waals surface area contributed by atoms with Gasteiger partial charge in [-0.05, 0) is 31.7 Å². The van der Waals surface area contributed by atoms with Gasteiger partial charge in [-0.25, -0.2) is 18.4 Å². The first kappa shape index (κ1) is 26.3. The molecule has 0 bridgehead atoms. The molecule has 1 aromatic carbocycles. The number of hydrogen-bond donors (Lipinski definition) is 1. The van der Waals surface area contributed by atoms with Gasteiger partial charge in [0, 0.05) is 43.8 Å². The van der Waals surface area contributed by atoms with Gasteiger partial charge in [0.2, 0.25) is 15.9 Å². The van der Waals surface area contributed by atoms with Gasteiger partial charge in [0.15, 0.2) is 5.52 Å². The topological polar surface area (TPSA) is 126 Å². The summed E-state index contributed by atoms with van der Waals surface area (Å²) < 4.78 is 35.7. The van der Waals surface area contributed by atoms with Crippen LogP contribution in [0.5, 0.6) is 5.88 Å². The van der Waals surface area contributed by atoms with Crippen LogP contribution in [0.25, 0.3) is 33.7 Å². The summed E-state index contributed by atoms with van der Waals surface area (Å²) in [5.41, 5.74) is 1.62. The van der Waals surface area contributed by atoms with Gasteiger partial charge in [-0.1, -0.05) is 30.7 Å². The number of pyridine rings is 1. The molecule has 0 radical (unpaired) electrons. The van der Waals surface area contributed by atoms with E-state index in [2.05, 4.69) is 26.9 Å². The molecule has 38 heavy (non-hydrogen) atoms. The van der Waals surface area contributed by atoms with Gasteiger partial charge in [-0.15, -0.1) is 0 Å². The van der Waals surface area contributed by atoms with Crippen LogP contribution in [0.3, 0.4) is 0 Å². The normalized spacial score (nSPS) is 15.3. The maximum absolute atomic E-state index is 13.5. The summed E-state index contributed by atoms with van der Waals surface area (Å²) in [5.74, 6) is 0.292. The van der Waals surface area contributed by atoms with E-state index in [1.165, 1.54) is 16.6 Å². The highest BCUT2D eigenvalue weighted by molar-refractivity contribution is 7.89. The van der Waals surface area contributed by atoms with Gasteiger partial charge in [-0.3, -0.25) is 9.48 Å². The van der Waals surface area contributed by atoms with Crippen LogP contribution in [0, 0.1) is 0 Å². The Kier molecular flexibility index (Phi) is 7.23. The number of halogens is 1. The summed E-state index contributed by atoms with van der Waals surface area (Å²) in [4.78, 5) is 27.1. The lowest BCUT2D eigenvalue weighted by Gasteiger charge is -2.33. The van der Waals surface area contributed by atoms with Crippen molar-refractivity contribution in [2.75, 3.05) is 39.3 Å². The number of aromatic nitrogens is 5. The number of nitrogens with zero attached hydrogens (tertiary/aromatic N) is 6. The number of sulfonamides is 1. The highest BCUT2D eigenvalue weighted by Crippen LogP contribution is 2.32. The molecule has 1 aliphatic rings. The monoisotopic (exact) mass is 557 g/mol. The molecule has 0 unspecified atom stereocenters. The van der Waals surface area contributed by atoms with Crippen molar-refractivity contribution in [3.05, 3.63) is 51.9 Å². The van der Waals surface area contributed by atoms with Gasteiger partial charge in [-0.2, -0.15) is 9.40 Å². The minimum Gasteiger partial charge on any atom is -0.477 e. The lowest BCUT2D eigenvalue weighted by Crippen LogP contribution is -2.48. The van der Waals surface area contributed by atoms with Crippen LogP contribution in [-0.4, -0.2) is 81.7 Å². The molecule has 3 aromatic heterocycles. The number of ether oxygens (including phenoxy) is 1.